The van der Waals surface area contributed by atoms with E-state index in [2.05, 4.69) is 14.9 Å². The second kappa shape index (κ2) is 5.94. The predicted octanol–water partition coefficient (Wildman–Crippen LogP) is 2.04. The van der Waals surface area contributed by atoms with E-state index >= 15 is 0 Å². The number of hydrogen-bond donors (Lipinski definition) is 3. The number of nitrogens with one attached hydrogen (secondary N) is 1. The maximum atomic E-state index is 12.4. The van der Waals surface area contributed by atoms with Gasteiger partial charge in [-0.15, -0.1) is 0 Å². The lowest BCUT2D eigenvalue weighted by Gasteiger charge is -2.29. The molecule has 24 heavy (non-hydrogen) atoms. The summed E-state index contributed by atoms with van der Waals surface area (Å²) in [4.78, 5) is 22.1. The molecule has 1 aliphatic rings. The number of benzene rings is 1. The first kappa shape index (κ1) is 16.5. The first-order valence-electron chi connectivity index (χ1n) is 8.10. The van der Waals surface area contributed by atoms with E-state index in [4.69, 9.17) is 0 Å². The molecule has 1 aromatic carbocycles. The molecule has 0 aliphatic carbocycles. The minimum absolute atomic E-state index is 0.0882. The molecule has 3 rings (SSSR count). The van der Waals surface area contributed by atoms with Gasteiger partial charge < -0.3 is 15.2 Å². The van der Waals surface area contributed by atoms with Gasteiger partial charge in [0.2, 0.25) is 0 Å². The van der Waals surface area contributed by atoms with Crippen molar-refractivity contribution in [2.75, 3.05) is 6.54 Å². The summed E-state index contributed by atoms with van der Waals surface area (Å²) in [5, 5.41) is 19.5. The summed E-state index contributed by atoms with van der Waals surface area (Å²) in [6.07, 6.45) is 0.696. The normalized spacial score (nSPS) is 15.3. The van der Waals surface area contributed by atoms with E-state index in [0.717, 1.165) is 12.2 Å². The van der Waals surface area contributed by atoms with Crippen LogP contribution in [0.2, 0.25) is 0 Å². The Bertz CT molecular complexity index is 821. The van der Waals surface area contributed by atoms with Crippen LogP contribution >= 0.6 is 0 Å². The average Bonchev–Trinajstić information content (AvgIpc) is 2.50. The van der Waals surface area contributed by atoms with Crippen molar-refractivity contribution in [2.45, 2.75) is 45.7 Å². The van der Waals surface area contributed by atoms with Gasteiger partial charge in [-0.3, -0.25) is 9.69 Å². The molecule has 1 aliphatic heterocycles. The highest BCUT2D eigenvalue weighted by Crippen LogP contribution is 2.26. The first-order chi connectivity index (χ1) is 11.2. The molecule has 0 atom stereocenters. The summed E-state index contributed by atoms with van der Waals surface area (Å²) < 4.78 is 0. The van der Waals surface area contributed by atoms with Crippen molar-refractivity contribution in [1.82, 2.24) is 14.9 Å². The number of phenolic OH excluding ortho intramolecular Hbond substituents is 2. The Labute approximate surface area is 140 Å². The van der Waals surface area contributed by atoms with Gasteiger partial charge in [0, 0.05) is 37.0 Å². The number of rotatable bonds is 2. The Kier molecular flexibility index (Phi) is 4.09. The van der Waals surface area contributed by atoms with Gasteiger partial charge in [0.1, 0.15) is 17.3 Å². The molecule has 0 amide bonds. The predicted molar refractivity (Wildman–Crippen MR) is 91.1 cm³/mol. The smallest absolute Gasteiger partial charge is 0.255 e. The van der Waals surface area contributed by atoms with Gasteiger partial charge >= 0.3 is 0 Å². The van der Waals surface area contributed by atoms with Gasteiger partial charge in [-0.25, -0.2) is 4.98 Å². The fourth-order valence-corrected chi connectivity index (χ4v) is 2.91. The molecule has 1 aromatic heterocycles. The van der Waals surface area contributed by atoms with Crippen LogP contribution in [-0.4, -0.2) is 31.6 Å². The zero-order valence-corrected chi connectivity index (χ0v) is 14.3. The highest BCUT2D eigenvalue weighted by Gasteiger charge is 2.25. The van der Waals surface area contributed by atoms with Crippen molar-refractivity contribution in [3.8, 4) is 11.5 Å². The van der Waals surface area contributed by atoms with Crippen molar-refractivity contribution >= 4 is 0 Å². The standard InChI is InChI=1S/C18H23N3O3/c1-18(2,3)17-19-14-6-7-21(10-13(14)16(24)20-17)9-11-8-12(22)4-5-15(11)23/h4-5,8,22-23H,6-7,9-10H2,1-3H3,(H,19,20,24). The lowest BCUT2D eigenvalue weighted by Crippen LogP contribution is -2.37. The molecule has 2 heterocycles. The van der Waals surface area contributed by atoms with E-state index in [-0.39, 0.29) is 22.5 Å². The second-order valence-electron chi connectivity index (χ2n) is 7.36. The molecule has 0 bridgehead atoms. The van der Waals surface area contributed by atoms with Crippen LogP contribution in [0.1, 0.15) is 43.4 Å². The molecule has 0 saturated carbocycles. The summed E-state index contributed by atoms with van der Waals surface area (Å²) >= 11 is 0. The van der Waals surface area contributed by atoms with Crippen LogP contribution in [0.25, 0.3) is 0 Å². The lowest BCUT2D eigenvalue weighted by atomic mass is 9.95. The number of aromatic hydroxyl groups is 2. The van der Waals surface area contributed by atoms with Gasteiger partial charge in [0.15, 0.2) is 0 Å². The van der Waals surface area contributed by atoms with Crippen molar-refractivity contribution < 1.29 is 10.2 Å². The van der Waals surface area contributed by atoms with Gasteiger partial charge in [0.05, 0.1) is 11.3 Å². The zero-order chi connectivity index (χ0) is 17.5. The highest BCUT2D eigenvalue weighted by molar-refractivity contribution is 5.38. The van der Waals surface area contributed by atoms with Crippen molar-refractivity contribution in [2.24, 2.45) is 0 Å². The first-order valence-corrected chi connectivity index (χ1v) is 8.10. The van der Waals surface area contributed by atoms with Gasteiger partial charge in [0.25, 0.3) is 5.56 Å². The molecular formula is C18H23N3O3. The van der Waals surface area contributed by atoms with Crippen LogP contribution < -0.4 is 5.56 Å². The molecule has 128 valence electrons. The summed E-state index contributed by atoms with van der Waals surface area (Å²) in [6.45, 7) is 7.78. The SMILES string of the molecule is CC(C)(C)c1nc2c(c(=O)[nH]1)CN(Cc1cc(O)ccc1O)CC2. The van der Waals surface area contributed by atoms with Crippen molar-refractivity contribution in [1.29, 1.82) is 0 Å². The van der Waals surface area contributed by atoms with E-state index in [9.17, 15) is 15.0 Å². The maximum Gasteiger partial charge on any atom is 0.255 e. The largest absolute Gasteiger partial charge is 0.508 e. The van der Waals surface area contributed by atoms with E-state index in [1.165, 1.54) is 12.1 Å². The third-order valence-corrected chi connectivity index (χ3v) is 4.32. The quantitative estimate of drug-likeness (QED) is 0.734. The molecular weight excluding hydrogens is 306 g/mol. The summed E-state index contributed by atoms with van der Waals surface area (Å²) in [5.74, 6) is 0.980. The Morgan fingerprint density at radius 3 is 2.75 bits per heavy atom. The number of hydrogen-bond acceptors (Lipinski definition) is 5. The van der Waals surface area contributed by atoms with Gasteiger partial charge in [-0.05, 0) is 18.2 Å². The maximum absolute atomic E-state index is 12.4. The number of fused-ring (bicyclic) bond motifs is 1. The van der Waals surface area contributed by atoms with Crippen LogP contribution in [0, 0.1) is 0 Å². The monoisotopic (exact) mass is 329 g/mol. The van der Waals surface area contributed by atoms with Crippen LogP contribution in [0.15, 0.2) is 23.0 Å². The van der Waals surface area contributed by atoms with E-state index in [0.29, 0.717) is 36.5 Å². The summed E-state index contributed by atoms with van der Waals surface area (Å²) in [7, 11) is 0. The summed E-state index contributed by atoms with van der Waals surface area (Å²) in [6, 6.07) is 4.48. The number of aromatic nitrogens is 2. The Balaban J connectivity index is 1.85. The van der Waals surface area contributed by atoms with E-state index in [1.54, 1.807) is 6.07 Å². The Hall–Kier alpha value is -2.34. The molecule has 6 nitrogen and oxygen atoms in total. The number of phenols is 2. The fourth-order valence-electron chi connectivity index (χ4n) is 2.91. The minimum atomic E-state index is -0.196. The molecule has 0 fully saturated rings. The van der Waals surface area contributed by atoms with E-state index in [1.807, 2.05) is 20.8 Å². The molecule has 0 radical (unpaired) electrons. The molecule has 0 unspecified atom stereocenters. The number of H-pyrrole nitrogens is 1. The summed E-state index contributed by atoms with van der Waals surface area (Å²) in [5.41, 5.74) is 1.91. The number of nitrogens with zero attached hydrogens (tertiary/aromatic N) is 2. The Morgan fingerprint density at radius 1 is 1.29 bits per heavy atom. The van der Waals surface area contributed by atoms with Crippen LogP contribution in [0.4, 0.5) is 0 Å². The van der Waals surface area contributed by atoms with Crippen molar-refractivity contribution in [3.63, 3.8) is 0 Å². The van der Waals surface area contributed by atoms with Crippen molar-refractivity contribution in [3.05, 3.63) is 51.2 Å². The number of aromatic amines is 1. The molecule has 2 aromatic rings. The third kappa shape index (κ3) is 3.28. The van der Waals surface area contributed by atoms with E-state index < -0.39 is 0 Å². The second-order valence-corrected chi connectivity index (χ2v) is 7.36. The highest BCUT2D eigenvalue weighted by atomic mass is 16.3. The van der Waals surface area contributed by atoms with Gasteiger partial charge in [-0.2, -0.15) is 0 Å². The molecule has 0 saturated heterocycles. The third-order valence-electron chi connectivity index (χ3n) is 4.32. The lowest BCUT2D eigenvalue weighted by molar-refractivity contribution is 0.237. The molecule has 3 N–H and O–H groups in total. The zero-order valence-electron chi connectivity index (χ0n) is 14.3. The molecule has 0 spiro atoms. The van der Waals surface area contributed by atoms with Crippen LogP contribution in [0.3, 0.4) is 0 Å². The van der Waals surface area contributed by atoms with Crippen LogP contribution in [-0.2, 0) is 24.9 Å². The Morgan fingerprint density at radius 2 is 2.04 bits per heavy atom. The average molecular weight is 329 g/mol. The topological polar surface area (TPSA) is 89.5 Å². The fraction of sp³-hybridized carbons (Fsp3) is 0.444. The van der Waals surface area contributed by atoms with Gasteiger partial charge in [-0.1, -0.05) is 20.8 Å². The molecule has 6 heteroatoms. The minimum Gasteiger partial charge on any atom is -0.508 e. The van der Waals surface area contributed by atoms with Crippen LogP contribution in [0.5, 0.6) is 11.5 Å².